The van der Waals surface area contributed by atoms with Gasteiger partial charge in [-0.1, -0.05) is 60.2 Å². The van der Waals surface area contributed by atoms with Gasteiger partial charge in [0.15, 0.2) is 11.5 Å². The minimum Gasteiger partial charge on any atom is -0.493 e. The third-order valence-corrected chi connectivity index (χ3v) is 9.22. The fourth-order valence-electron chi connectivity index (χ4n) is 4.98. The summed E-state index contributed by atoms with van der Waals surface area (Å²) in [6.07, 6.45) is 0.167. The molecular weight excluding hydrogens is 609 g/mol. The van der Waals surface area contributed by atoms with E-state index in [1.165, 1.54) is 67.7 Å². The van der Waals surface area contributed by atoms with Crippen LogP contribution in [0.5, 0.6) is 11.5 Å². The second kappa shape index (κ2) is 15.4. The molecule has 0 fully saturated rings. The van der Waals surface area contributed by atoms with E-state index in [1.807, 2.05) is 37.3 Å². The van der Waals surface area contributed by atoms with Crippen molar-refractivity contribution in [3.63, 3.8) is 0 Å². The lowest BCUT2D eigenvalue weighted by Crippen LogP contribution is -2.53. The molecule has 0 radical (unpaired) electrons. The number of sulfonamides is 1. The number of methoxy groups -OCH3 is 2. The van der Waals surface area contributed by atoms with Crippen LogP contribution in [0, 0.1) is 12.7 Å². The van der Waals surface area contributed by atoms with E-state index in [0.717, 1.165) is 15.4 Å². The molecule has 1 atom stereocenters. The average molecular weight is 648 g/mol. The molecule has 4 rings (SSSR count). The molecule has 242 valence electrons. The van der Waals surface area contributed by atoms with Crippen LogP contribution in [0.3, 0.4) is 0 Å². The highest BCUT2D eigenvalue weighted by Crippen LogP contribution is 2.34. The van der Waals surface area contributed by atoms with E-state index in [9.17, 15) is 22.4 Å². The van der Waals surface area contributed by atoms with Crippen LogP contribution in [-0.4, -0.2) is 58.5 Å². The first-order valence-electron chi connectivity index (χ1n) is 14.7. The SMILES string of the molecule is CCNC(=O)C(Cc1ccccc1)N(Cc1ccc(F)cc1)C(=O)CN(c1ccc(OC)c(OC)c1)S(=O)(=O)c1ccc(C)cc1. The van der Waals surface area contributed by atoms with Crippen LogP contribution < -0.4 is 19.1 Å². The van der Waals surface area contributed by atoms with E-state index in [4.69, 9.17) is 9.47 Å². The first-order valence-corrected chi connectivity index (χ1v) is 16.2. The zero-order chi connectivity index (χ0) is 33.3. The number of hydrogen-bond donors (Lipinski definition) is 1. The molecule has 0 aliphatic carbocycles. The topological polar surface area (TPSA) is 105 Å². The number of aryl methyl sites for hydroxylation is 1. The molecule has 11 heteroatoms. The lowest BCUT2D eigenvalue weighted by molar-refractivity contribution is -0.140. The number of benzene rings is 4. The van der Waals surface area contributed by atoms with E-state index >= 15 is 0 Å². The van der Waals surface area contributed by atoms with Crippen LogP contribution in [0.15, 0.2) is 102 Å². The van der Waals surface area contributed by atoms with E-state index in [0.29, 0.717) is 17.9 Å². The quantitative estimate of drug-likeness (QED) is 0.204. The highest BCUT2D eigenvalue weighted by Gasteiger charge is 2.35. The maximum atomic E-state index is 14.5. The Balaban J connectivity index is 1.83. The van der Waals surface area contributed by atoms with Crippen molar-refractivity contribution in [3.8, 4) is 11.5 Å². The van der Waals surface area contributed by atoms with Crippen molar-refractivity contribution in [3.05, 3.63) is 120 Å². The van der Waals surface area contributed by atoms with Gasteiger partial charge in [-0.15, -0.1) is 0 Å². The van der Waals surface area contributed by atoms with Crippen LogP contribution in [-0.2, 0) is 32.6 Å². The molecule has 0 saturated heterocycles. The molecule has 0 aliphatic heterocycles. The Hall–Kier alpha value is -4.90. The van der Waals surface area contributed by atoms with Crippen molar-refractivity contribution in [2.24, 2.45) is 0 Å². The molecule has 4 aromatic rings. The number of nitrogens with zero attached hydrogens (tertiary/aromatic N) is 2. The number of amides is 2. The summed E-state index contributed by atoms with van der Waals surface area (Å²) in [5.41, 5.74) is 2.39. The molecular formula is C35H38FN3O6S. The number of rotatable bonds is 14. The van der Waals surface area contributed by atoms with E-state index < -0.39 is 40.2 Å². The zero-order valence-corrected chi connectivity index (χ0v) is 27.1. The van der Waals surface area contributed by atoms with E-state index in [1.54, 1.807) is 25.1 Å². The van der Waals surface area contributed by atoms with Gasteiger partial charge in [0.2, 0.25) is 11.8 Å². The third kappa shape index (κ3) is 8.22. The van der Waals surface area contributed by atoms with Crippen molar-refractivity contribution in [1.29, 1.82) is 0 Å². The van der Waals surface area contributed by atoms with Crippen molar-refractivity contribution in [1.82, 2.24) is 10.2 Å². The zero-order valence-electron chi connectivity index (χ0n) is 26.3. The monoisotopic (exact) mass is 647 g/mol. The van der Waals surface area contributed by atoms with Crippen molar-refractivity contribution in [2.45, 2.75) is 37.8 Å². The van der Waals surface area contributed by atoms with Gasteiger partial charge in [-0.3, -0.25) is 13.9 Å². The number of halogens is 1. The summed E-state index contributed by atoms with van der Waals surface area (Å²) in [5, 5.41) is 2.82. The minimum absolute atomic E-state index is 0.0182. The van der Waals surface area contributed by atoms with Crippen LogP contribution in [0.25, 0.3) is 0 Å². The fourth-order valence-corrected chi connectivity index (χ4v) is 6.38. The first kappa shape index (κ1) is 34.0. The molecule has 2 amide bonds. The molecule has 0 heterocycles. The maximum Gasteiger partial charge on any atom is 0.264 e. The largest absolute Gasteiger partial charge is 0.493 e. The van der Waals surface area contributed by atoms with Crippen molar-refractivity contribution in [2.75, 3.05) is 31.6 Å². The molecule has 1 N–H and O–H groups in total. The van der Waals surface area contributed by atoms with Crippen molar-refractivity contribution >= 4 is 27.5 Å². The Morgan fingerprint density at radius 1 is 0.848 bits per heavy atom. The van der Waals surface area contributed by atoms with Gasteiger partial charge in [-0.25, -0.2) is 12.8 Å². The maximum absolute atomic E-state index is 14.5. The van der Waals surface area contributed by atoms with Gasteiger partial charge in [-0.2, -0.15) is 0 Å². The molecule has 0 aliphatic rings. The second-order valence-corrected chi connectivity index (χ2v) is 12.5. The van der Waals surface area contributed by atoms with Crippen LogP contribution in [0.4, 0.5) is 10.1 Å². The highest BCUT2D eigenvalue weighted by atomic mass is 32.2. The molecule has 0 aromatic heterocycles. The summed E-state index contributed by atoms with van der Waals surface area (Å²) in [6.45, 7) is 3.22. The van der Waals surface area contributed by atoms with E-state index in [-0.39, 0.29) is 29.3 Å². The number of nitrogens with one attached hydrogen (secondary N) is 1. The van der Waals surface area contributed by atoms with Gasteiger partial charge < -0.3 is 19.7 Å². The Bertz CT molecular complexity index is 1730. The standard InChI is InChI=1S/C35H38FN3O6S/c1-5-37-35(41)31(21-26-9-7-6-8-10-26)38(23-27-13-15-28(36)16-14-27)34(40)24-39(29-17-20-32(44-3)33(22-29)45-4)46(42,43)30-18-11-25(2)12-19-30/h6-20,22,31H,5,21,23-24H2,1-4H3,(H,37,41). The van der Waals surface area contributed by atoms with Crippen molar-refractivity contribution < 1.29 is 31.9 Å². The summed E-state index contributed by atoms with van der Waals surface area (Å²) in [5.74, 6) is -0.843. The predicted octanol–water partition coefficient (Wildman–Crippen LogP) is 5.12. The second-order valence-electron chi connectivity index (χ2n) is 10.6. The summed E-state index contributed by atoms with van der Waals surface area (Å²) < 4.78 is 54.0. The predicted molar refractivity (Wildman–Crippen MR) is 175 cm³/mol. The van der Waals surface area contributed by atoms with Gasteiger partial charge in [0, 0.05) is 25.6 Å². The van der Waals surface area contributed by atoms with Crippen LogP contribution in [0.1, 0.15) is 23.6 Å². The third-order valence-electron chi connectivity index (χ3n) is 7.43. The number of carbonyl (C=O) groups is 2. The molecule has 9 nitrogen and oxygen atoms in total. The minimum atomic E-state index is -4.30. The molecule has 4 aromatic carbocycles. The number of hydrogen-bond acceptors (Lipinski definition) is 6. The first-order chi connectivity index (χ1) is 22.1. The molecule has 0 spiro atoms. The molecule has 0 bridgehead atoms. The lowest BCUT2D eigenvalue weighted by Gasteiger charge is -2.34. The smallest absolute Gasteiger partial charge is 0.264 e. The summed E-state index contributed by atoms with van der Waals surface area (Å²) in [6, 6.07) is 24.7. The fraction of sp³-hybridized carbons (Fsp3) is 0.257. The lowest BCUT2D eigenvalue weighted by atomic mass is 10.0. The highest BCUT2D eigenvalue weighted by molar-refractivity contribution is 7.92. The number of anilines is 1. The number of ether oxygens (including phenoxy) is 2. The Kier molecular flexibility index (Phi) is 11.4. The average Bonchev–Trinajstić information content (AvgIpc) is 3.06. The van der Waals surface area contributed by atoms with Gasteiger partial charge in [0.1, 0.15) is 18.4 Å². The van der Waals surface area contributed by atoms with Crippen LogP contribution in [0.2, 0.25) is 0 Å². The Morgan fingerprint density at radius 2 is 1.50 bits per heavy atom. The van der Waals surface area contributed by atoms with Gasteiger partial charge in [-0.05, 0) is 61.4 Å². The normalized spacial score (nSPS) is 11.8. The Labute approximate surface area is 269 Å². The molecule has 1 unspecified atom stereocenters. The number of carbonyl (C=O) groups excluding carboxylic acids is 2. The number of likely N-dealkylation sites (N-methyl/N-ethyl adjacent to an activating group) is 1. The van der Waals surface area contributed by atoms with E-state index in [2.05, 4.69) is 5.32 Å². The van der Waals surface area contributed by atoms with Crippen LogP contribution >= 0.6 is 0 Å². The molecule has 46 heavy (non-hydrogen) atoms. The molecule has 0 saturated carbocycles. The Morgan fingerprint density at radius 3 is 2.11 bits per heavy atom. The van der Waals surface area contributed by atoms with Gasteiger partial charge >= 0.3 is 0 Å². The van der Waals surface area contributed by atoms with Gasteiger partial charge in [0.25, 0.3) is 10.0 Å². The summed E-state index contributed by atoms with van der Waals surface area (Å²) in [4.78, 5) is 29.4. The summed E-state index contributed by atoms with van der Waals surface area (Å²) >= 11 is 0. The van der Waals surface area contributed by atoms with Gasteiger partial charge in [0.05, 0.1) is 24.8 Å². The summed E-state index contributed by atoms with van der Waals surface area (Å²) in [7, 11) is -1.41.